The Morgan fingerprint density at radius 3 is 2.93 bits per heavy atom. The minimum absolute atomic E-state index is 0.0442. The van der Waals surface area contributed by atoms with Crippen molar-refractivity contribution in [1.29, 1.82) is 0 Å². The van der Waals surface area contributed by atoms with Gasteiger partial charge in [-0.25, -0.2) is 0 Å². The average molecular weight is 370 g/mol. The van der Waals surface area contributed by atoms with E-state index in [1.54, 1.807) is 13.2 Å². The van der Waals surface area contributed by atoms with Gasteiger partial charge < -0.3 is 23.7 Å². The largest absolute Gasteiger partial charge is 0.493 e. The van der Waals surface area contributed by atoms with Crippen molar-refractivity contribution in [2.75, 3.05) is 20.7 Å². The van der Waals surface area contributed by atoms with Gasteiger partial charge >= 0.3 is 0 Å². The van der Waals surface area contributed by atoms with Crippen LogP contribution in [0.3, 0.4) is 0 Å². The van der Waals surface area contributed by atoms with Gasteiger partial charge in [0.25, 0.3) is 0 Å². The van der Waals surface area contributed by atoms with E-state index in [1.165, 1.54) is 0 Å². The van der Waals surface area contributed by atoms with Crippen molar-refractivity contribution in [3.63, 3.8) is 0 Å². The van der Waals surface area contributed by atoms with Gasteiger partial charge in [-0.1, -0.05) is 13.0 Å². The van der Waals surface area contributed by atoms with Gasteiger partial charge in [0.1, 0.15) is 11.4 Å². The third-order valence-corrected chi connectivity index (χ3v) is 6.66. The lowest BCUT2D eigenvalue weighted by Crippen LogP contribution is -2.39. The highest BCUT2D eigenvalue weighted by molar-refractivity contribution is 5.99. The van der Waals surface area contributed by atoms with Crippen LogP contribution in [0.4, 0.5) is 0 Å². The first-order valence-electron chi connectivity index (χ1n) is 9.17. The molecular weight excluding hydrogens is 348 g/mol. The Hall–Kier alpha value is -2.47. The predicted octanol–water partition coefficient (Wildman–Crippen LogP) is 3.32. The number of hydrogen-bond acceptors (Lipinski definition) is 6. The molecular formula is C21H22O6. The molecule has 6 nitrogen and oxygen atoms in total. The van der Waals surface area contributed by atoms with Crippen LogP contribution in [0.25, 0.3) is 0 Å². The van der Waals surface area contributed by atoms with Gasteiger partial charge in [0.2, 0.25) is 12.5 Å². The molecule has 1 saturated heterocycles. The molecule has 142 valence electrons. The van der Waals surface area contributed by atoms with Crippen molar-refractivity contribution in [2.45, 2.75) is 31.3 Å². The van der Waals surface area contributed by atoms with Gasteiger partial charge in [0.15, 0.2) is 24.1 Å². The van der Waals surface area contributed by atoms with Crippen LogP contribution in [0, 0.1) is 11.3 Å². The third kappa shape index (κ3) is 1.96. The van der Waals surface area contributed by atoms with E-state index < -0.39 is 11.0 Å². The maximum absolute atomic E-state index is 13.3. The highest BCUT2D eigenvalue weighted by Gasteiger charge is 2.68. The van der Waals surface area contributed by atoms with Gasteiger partial charge in [-0.2, -0.15) is 0 Å². The molecule has 2 unspecified atom stereocenters. The number of benzene rings is 1. The molecule has 0 aromatic heterocycles. The third-order valence-electron chi connectivity index (χ3n) is 6.66. The maximum atomic E-state index is 13.3. The summed E-state index contributed by atoms with van der Waals surface area (Å²) in [6.07, 6.45) is 4.64. The fraction of sp³-hybridized carbons (Fsp3) is 0.476. The molecule has 6 heteroatoms. The van der Waals surface area contributed by atoms with E-state index in [0.717, 1.165) is 5.56 Å². The molecule has 2 bridgehead atoms. The lowest BCUT2D eigenvalue weighted by molar-refractivity contribution is -0.126. The van der Waals surface area contributed by atoms with Crippen LogP contribution in [0.15, 0.2) is 36.6 Å². The number of methoxy groups -OCH3 is 1. The second kappa shape index (κ2) is 5.52. The Balaban J connectivity index is 1.70. The van der Waals surface area contributed by atoms with E-state index in [0.29, 0.717) is 35.8 Å². The van der Waals surface area contributed by atoms with E-state index in [9.17, 15) is 4.79 Å². The zero-order chi connectivity index (χ0) is 18.8. The maximum Gasteiger partial charge on any atom is 0.231 e. The average Bonchev–Trinajstić information content (AvgIpc) is 3.33. The van der Waals surface area contributed by atoms with E-state index in [-0.39, 0.29) is 31.2 Å². The second-order valence-electron chi connectivity index (χ2n) is 7.72. The molecule has 4 aliphatic rings. The van der Waals surface area contributed by atoms with Crippen molar-refractivity contribution in [2.24, 2.45) is 11.3 Å². The van der Waals surface area contributed by atoms with Crippen molar-refractivity contribution < 1.29 is 28.5 Å². The summed E-state index contributed by atoms with van der Waals surface area (Å²) in [5, 5.41) is 0. The van der Waals surface area contributed by atoms with Gasteiger partial charge in [-0.05, 0) is 30.5 Å². The highest BCUT2D eigenvalue weighted by atomic mass is 16.7. The van der Waals surface area contributed by atoms with Crippen LogP contribution in [0.2, 0.25) is 0 Å². The molecule has 2 aliphatic carbocycles. The minimum atomic E-state index is -0.614. The zero-order valence-corrected chi connectivity index (χ0v) is 15.4. The lowest BCUT2D eigenvalue weighted by atomic mass is 9.67. The summed E-state index contributed by atoms with van der Waals surface area (Å²) in [7, 11) is 1.61. The molecule has 1 spiro atoms. The minimum Gasteiger partial charge on any atom is -0.493 e. The molecule has 2 fully saturated rings. The van der Waals surface area contributed by atoms with Crippen LogP contribution in [0.5, 0.6) is 17.2 Å². The first kappa shape index (κ1) is 16.7. The van der Waals surface area contributed by atoms with Crippen LogP contribution < -0.4 is 14.2 Å². The number of rotatable bonds is 4. The first-order valence-corrected chi connectivity index (χ1v) is 9.17. The molecule has 5 rings (SSSR count). The fourth-order valence-electron chi connectivity index (χ4n) is 5.53. The fourth-order valence-corrected chi connectivity index (χ4v) is 5.53. The quantitative estimate of drug-likeness (QED) is 0.758. The SMILES string of the molecule is C=CCC12CC3(OCOC3=CC1=O)[C@@H](C)[C@@H]2c1cc(OC)c2c(c1)OCO2. The molecule has 1 aromatic carbocycles. The highest BCUT2D eigenvalue weighted by Crippen LogP contribution is 2.67. The monoisotopic (exact) mass is 370 g/mol. The molecule has 0 radical (unpaired) electrons. The summed E-state index contributed by atoms with van der Waals surface area (Å²) in [4.78, 5) is 13.3. The Morgan fingerprint density at radius 1 is 1.30 bits per heavy atom. The normalized spacial score (nSPS) is 35.5. The van der Waals surface area contributed by atoms with Gasteiger partial charge in [-0.15, -0.1) is 6.58 Å². The molecule has 2 aliphatic heterocycles. The van der Waals surface area contributed by atoms with E-state index in [4.69, 9.17) is 23.7 Å². The number of ketones is 1. The summed E-state index contributed by atoms with van der Waals surface area (Å²) < 4.78 is 28.4. The molecule has 1 aromatic rings. The number of fused-ring (bicyclic) bond motifs is 2. The van der Waals surface area contributed by atoms with Crippen LogP contribution in [0.1, 0.15) is 31.2 Å². The number of carbonyl (C=O) groups excluding carboxylic acids is 1. The summed E-state index contributed by atoms with van der Waals surface area (Å²) in [5.74, 6) is 2.57. The van der Waals surface area contributed by atoms with Gasteiger partial charge in [0, 0.05) is 23.3 Å². The number of ether oxygens (including phenoxy) is 5. The van der Waals surface area contributed by atoms with Crippen molar-refractivity contribution in [3.05, 3.63) is 42.2 Å². The predicted molar refractivity (Wildman–Crippen MR) is 95.7 cm³/mol. The molecule has 1 saturated carbocycles. The summed E-state index contributed by atoms with van der Waals surface area (Å²) in [6.45, 7) is 6.40. The molecule has 2 heterocycles. The lowest BCUT2D eigenvalue weighted by Gasteiger charge is -2.35. The Morgan fingerprint density at radius 2 is 2.15 bits per heavy atom. The summed E-state index contributed by atoms with van der Waals surface area (Å²) in [5.41, 5.74) is -0.191. The number of allylic oxidation sites excluding steroid dienone is 2. The second-order valence-corrected chi connectivity index (χ2v) is 7.72. The number of hydrogen-bond donors (Lipinski definition) is 0. The smallest absolute Gasteiger partial charge is 0.231 e. The van der Waals surface area contributed by atoms with Crippen molar-refractivity contribution in [3.8, 4) is 17.2 Å². The summed E-state index contributed by atoms with van der Waals surface area (Å²) >= 11 is 0. The van der Waals surface area contributed by atoms with Gasteiger partial charge in [-0.3, -0.25) is 4.79 Å². The van der Waals surface area contributed by atoms with Crippen LogP contribution in [-0.2, 0) is 14.3 Å². The van der Waals surface area contributed by atoms with Crippen LogP contribution in [-0.4, -0.2) is 32.1 Å². The van der Waals surface area contributed by atoms with Crippen molar-refractivity contribution >= 4 is 5.78 Å². The van der Waals surface area contributed by atoms with E-state index in [1.807, 2.05) is 18.2 Å². The van der Waals surface area contributed by atoms with Gasteiger partial charge in [0.05, 0.1) is 7.11 Å². The first-order chi connectivity index (χ1) is 13.1. The summed E-state index contributed by atoms with van der Waals surface area (Å²) in [6, 6.07) is 3.93. The Kier molecular flexibility index (Phi) is 3.41. The van der Waals surface area contributed by atoms with Crippen LogP contribution >= 0.6 is 0 Å². The molecule has 0 amide bonds. The standard InChI is InChI=1S/C21H22O6/c1-4-5-20-9-21(17(8-16(20)22)25-11-27-21)12(2)18(20)13-6-14(23-3)19-15(7-13)24-10-26-19/h4,6-8,12,18H,1,5,9-11H2,2-3H3/t12-,18+,20?,21?/m0/s1. The van der Waals surface area contributed by atoms with E-state index >= 15 is 0 Å². The molecule has 27 heavy (non-hydrogen) atoms. The van der Waals surface area contributed by atoms with E-state index in [2.05, 4.69) is 13.5 Å². The number of carbonyl (C=O) groups is 1. The zero-order valence-electron chi connectivity index (χ0n) is 15.4. The van der Waals surface area contributed by atoms with Crippen molar-refractivity contribution in [1.82, 2.24) is 0 Å². The Bertz CT molecular complexity index is 874. The molecule has 0 N–H and O–H groups in total. The molecule has 4 atom stereocenters. The topological polar surface area (TPSA) is 63.2 Å². The Labute approximate surface area is 157 Å².